The highest BCUT2D eigenvalue weighted by molar-refractivity contribution is 7.13. The SMILES string of the molecule is Cc1ccc(-c2nc(CC(=O)NCc3ccc(N4CCCCC4)nc3)cs2)o1. The molecule has 4 rings (SSSR count). The fraction of sp³-hybridized carbons (Fsp3) is 0.381. The highest BCUT2D eigenvalue weighted by Crippen LogP contribution is 2.25. The smallest absolute Gasteiger partial charge is 0.226 e. The minimum Gasteiger partial charge on any atom is -0.459 e. The summed E-state index contributed by atoms with van der Waals surface area (Å²) >= 11 is 1.49. The number of amides is 1. The minimum absolute atomic E-state index is 0.0485. The number of piperidine rings is 1. The molecular formula is C21H24N4O2S. The molecule has 0 bridgehead atoms. The number of pyridine rings is 1. The van der Waals surface area contributed by atoms with Crippen molar-refractivity contribution in [3.63, 3.8) is 0 Å². The van der Waals surface area contributed by atoms with E-state index in [9.17, 15) is 4.79 Å². The van der Waals surface area contributed by atoms with E-state index in [-0.39, 0.29) is 12.3 Å². The van der Waals surface area contributed by atoms with Gasteiger partial charge in [-0.3, -0.25) is 4.79 Å². The Morgan fingerprint density at radius 3 is 2.79 bits per heavy atom. The Morgan fingerprint density at radius 1 is 1.21 bits per heavy atom. The van der Waals surface area contributed by atoms with Crippen LogP contribution in [0.4, 0.5) is 5.82 Å². The molecule has 1 fully saturated rings. The van der Waals surface area contributed by atoms with Gasteiger partial charge in [0.2, 0.25) is 5.91 Å². The Morgan fingerprint density at radius 2 is 2.07 bits per heavy atom. The summed E-state index contributed by atoms with van der Waals surface area (Å²) in [7, 11) is 0. The van der Waals surface area contributed by atoms with E-state index in [1.807, 2.05) is 42.8 Å². The molecule has 0 aliphatic carbocycles. The second-order valence-electron chi connectivity index (χ2n) is 7.08. The summed E-state index contributed by atoms with van der Waals surface area (Å²) in [5, 5.41) is 5.65. The zero-order valence-corrected chi connectivity index (χ0v) is 16.8. The molecule has 1 N–H and O–H groups in total. The largest absolute Gasteiger partial charge is 0.459 e. The van der Waals surface area contributed by atoms with E-state index in [1.54, 1.807) is 0 Å². The molecule has 4 heterocycles. The molecule has 146 valence electrons. The minimum atomic E-state index is -0.0485. The predicted octanol–water partition coefficient (Wildman–Crippen LogP) is 3.96. The molecule has 6 nitrogen and oxygen atoms in total. The van der Waals surface area contributed by atoms with Gasteiger partial charge in [-0.15, -0.1) is 11.3 Å². The molecule has 3 aromatic heterocycles. The Balaban J connectivity index is 1.28. The Kier molecular flexibility index (Phi) is 5.71. The predicted molar refractivity (Wildman–Crippen MR) is 110 cm³/mol. The van der Waals surface area contributed by atoms with Crippen LogP contribution < -0.4 is 10.2 Å². The van der Waals surface area contributed by atoms with Gasteiger partial charge in [0, 0.05) is 31.2 Å². The van der Waals surface area contributed by atoms with Gasteiger partial charge in [0.1, 0.15) is 11.6 Å². The number of hydrogen-bond donors (Lipinski definition) is 1. The third-order valence-corrected chi connectivity index (χ3v) is 5.73. The van der Waals surface area contributed by atoms with Crippen molar-refractivity contribution in [2.75, 3.05) is 18.0 Å². The molecule has 3 aromatic rings. The highest BCUT2D eigenvalue weighted by Gasteiger charge is 2.13. The summed E-state index contributed by atoms with van der Waals surface area (Å²) in [6.07, 6.45) is 5.89. The molecule has 1 aliphatic heterocycles. The number of thiazole rings is 1. The third-order valence-electron chi connectivity index (χ3n) is 4.82. The standard InChI is InChI=1S/C21H24N4O2S/c1-15-5-7-18(27-15)21-24-17(14-28-21)11-20(26)23-13-16-6-8-19(22-12-16)25-9-3-2-4-10-25/h5-8,12,14H,2-4,9-11,13H2,1H3,(H,23,26). The van der Waals surface area contributed by atoms with E-state index >= 15 is 0 Å². The lowest BCUT2D eigenvalue weighted by molar-refractivity contribution is -0.120. The fourth-order valence-electron chi connectivity index (χ4n) is 3.31. The maximum Gasteiger partial charge on any atom is 0.226 e. The number of rotatable bonds is 6. The molecule has 1 saturated heterocycles. The third kappa shape index (κ3) is 4.59. The van der Waals surface area contributed by atoms with E-state index in [2.05, 4.69) is 20.2 Å². The van der Waals surface area contributed by atoms with Crippen molar-refractivity contribution in [3.8, 4) is 10.8 Å². The van der Waals surface area contributed by atoms with Crippen molar-refractivity contribution < 1.29 is 9.21 Å². The van der Waals surface area contributed by atoms with E-state index in [1.165, 1.54) is 30.6 Å². The summed E-state index contributed by atoms with van der Waals surface area (Å²) in [5.41, 5.74) is 1.75. The van der Waals surface area contributed by atoms with Gasteiger partial charge < -0.3 is 14.6 Å². The van der Waals surface area contributed by atoms with Gasteiger partial charge in [-0.25, -0.2) is 9.97 Å². The van der Waals surface area contributed by atoms with Gasteiger partial charge >= 0.3 is 0 Å². The zero-order valence-electron chi connectivity index (χ0n) is 16.0. The van der Waals surface area contributed by atoms with Crippen molar-refractivity contribution in [3.05, 3.63) is 52.9 Å². The van der Waals surface area contributed by atoms with Crippen LogP contribution in [0.15, 0.2) is 40.3 Å². The van der Waals surface area contributed by atoms with Crippen LogP contribution in [-0.4, -0.2) is 29.0 Å². The molecule has 1 amide bonds. The van der Waals surface area contributed by atoms with E-state index in [4.69, 9.17) is 4.42 Å². The van der Waals surface area contributed by atoms with Crippen LogP contribution in [-0.2, 0) is 17.8 Å². The average molecular weight is 397 g/mol. The zero-order chi connectivity index (χ0) is 19.3. The molecular weight excluding hydrogens is 372 g/mol. The van der Waals surface area contributed by atoms with E-state index in [0.717, 1.165) is 46.7 Å². The lowest BCUT2D eigenvalue weighted by Gasteiger charge is -2.27. The number of nitrogens with one attached hydrogen (secondary N) is 1. The topological polar surface area (TPSA) is 71.3 Å². The Labute approximate surface area is 168 Å². The van der Waals surface area contributed by atoms with Gasteiger partial charge in [-0.05, 0) is 49.9 Å². The second-order valence-corrected chi connectivity index (χ2v) is 7.94. The quantitative estimate of drug-likeness (QED) is 0.683. The van der Waals surface area contributed by atoms with Gasteiger partial charge in [-0.2, -0.15) is 0 Å². The number of anilines is 1. The van der Waals surface area contributed by atoms with Gasteiger partial charge in [0.05, 0.1) is 12.1 Å². The molecule has 7 heteroatoms. The molecule has 0 aromatic carbocycles. The van der Waals surface area contributed by atoms with Gasteiger partial charge in [0.15, 0.2) is 10.8 Å². The van der Waals surface area contributed by atoms with Crippen molar-refractivity contribution in [1.82, 2.24) is 15.3 Å². The summed E-state index contributed by atoms with van der Waals surface area (Å²) < 4.78 is 5.58. The molecule has 1 aliphatic rings. The lowest BCUT2D eigenvalue weighted by Crippen LogP contribution is -2.30. The first-order valence-electron chi connectivity index (χ1n) is 9.65. The maximum atomic E-state index is 12.3. The Hall–Kier alpha value is -2.67. The fourth-order valence-corrected chi connectivity index (χ4v) is 4.09. The van der Waals surface area contributed by atoms with Crippen LogP contribution in [0.5, 0.6) is 0 Å². The highest BCUT2D eigenvalue weighted by atomic mass is 32.1. The van der Waals surface area contributed by atoms with E-state index < -0.39 is 0 Å². The number of furan rings is 1. The first-order chi connectivity index (χ1) is 13.7. The average Bonchev–Trinajstić information content (AvgIpc) is 3.36. The number of aryl methyl sites for hydroxylation is 1. The Bertz CT molecular complexity index is 926. The number of aromatic nitrogens is 2. The second kappa shape index (κ2) is 8.56. The molecule has 0 saturated carbocycles. The molecule has 0 radical (unpaired) electrons. The summed E-state index contributed by atoms with van der Waals surface area (Å²) in [5.74, 6) is 2.57. The van der Waals surface area contributed by atoms with Crippen LogP contribution in [0, 0.1) is 6.92 Å². The normalized spacial score (nSPS) is 14.2. The number of carbonyl (C=O) groups is 1. The molecule has 0 atom stereocenters. The first-order valence-corrected chi connectivity index (χ1v) is 10.5. The first kappa shape index (κ1) is 18.7. The van der Waals surface area contributed by atoms with Gasteiger partial charge in [-0.1, -0.05) is 6.07 Å². The van der Waals surface area contributed by atoms with Crippen LogP contribution >= 0.6 is 11.3 Å². The van der Waals surface area contributed by atoms with Crippen LogP contribution in [0.3, 0.4) is 0 Å². The molecule has 0 unspecified atom stereocenters. The van der Waals surface area contributed by atoms with Crippen LogP contribution in [0.2, 0.25) is 0 Å². The summed E-state index contributed by atoms with van der Waals surface area (Å²) in [4.78, 5) is 23.6. The number of hydrogen-bond acceptors (Lipinski definition) is 6. The van der Waals surface area contributed by atoms with Crippen molar-refractivity contribution in [2.45, 2.75) is 39.2 Å². The lowest BCUT2D eigenvalue weighted by atomic mass is 10.1. The molecule has 28 heavy (non-hydrogen) atoms. The molecule has 0 spiro atoms. The monoisotopic (exact) mass is 396 g/mol. The summed E-state index contributed by atoms with van der Waals surface area (Å²) in [6.45, 7) is 4.53. The van der Waals surface area contributed by atoms with Crippen molar-refractivity contribution in [1.29, 1.82) is 0 Å². The maximum absolute atomic E-state index is 12.3. The van der Waals surface area contributed by atoms with E-state index in [0.29, 0.717) is 6.54 Å². The van der Waals surface area contributed by atoms with Crippen molar-refractivity contribution >= 4 is 23.1 Å². The number of carbonyl (C=O) groups excluding carboxylic acids is 1. The van der Waals surface area contributed by atoms with Crippen molar-refractivity contribution in [2.24, 2.45) is 0 Å². The van der Waals surface area contributed by atoms with Gasteiger partial charge in [0.25, 0.3) is 0 Å². The van der Waals surface area contributed by atoms with Crippen LogP contribution in [0.25, 0.3) is 10.8 Å². The van der Waals surface area contributed by atoms with Crippen LogP contribution in [0.1, 0.15) is 36.3 Å². The number of nitrogens with zero attached hydrogens (tertiary/aromatic N) is 3. The summed E-state index contributed by atoms with van der Waals surface area (Å²) in [6, 6.07) is 7.90.